The van der Waals surface area contributed by atoms with Crippen LogP contribution in [0.25, 0.3) is 0 Å². The second kappa shape index (κ2) is 5.63. The molecule has 2 rings (SSSR count). The first-order valence-electron chi connectivity index (χ1n) is 6.71. The maximum Gasteiger partial charge on any atom is 0.310 e. The van der Waals surface area contributed by atoms with Gasteiger partial charge in [-0.1, -0.05) is 24.3 Å². The van der Waals surface area contributed by atoms with Crippen molar-refractivity contribution in [3.05, 3.63) is 35.4 Å². The van der Waals surface area contributed by atoms with Crippen LogP contribution in [0.4, 0.5) is 0 Å². The Balaban J connectivity index is 1.94. The fourth-order valence-electron chi connectivity index (χ4n) is 2.15. The fraction of sp³-hybridized carbons (Fsp3) is 0.467. The molecule has 5 heteroatoms. The van der Waals surface area contributed by atoms with Gasteiger partial charge in [-0.3, -0.25) is 9.59 Å². The minimum atomic E-state index is -0.956. The number of aliphatic carboxylic acids is 1. The maximum absolute atomic E-state index is 12.1. The highest BCUT2D eigenvalue weighted by atomic mass is 16.4. The molecule has 108 valence electrons. The van der Waals surface area contributed by atoms with Gasteiger partial charge in [-0.2, -0.15) is 0 Å². The Labute approximate surface area is 118 Å². The Morgan fingerprint density at radius 3 is 2.65 bits per heavy atom. The molecule has 0 aromatic heterocycles. The highest BCUT2D eigenvalue weighted by molar-refractivity contribution is 5.83. The lowest BCUT2D eigenvalue weighted by molar-refractivity contribution is -0.146. The summed E-state index contributed by atoms with van der Waals surface area (Å²) in [5.41, 5.74) is 1.42. The van der Waals surface area contributed by atoms with Crippen LogP contribution in [0.2, 0.25) is 0 Å². The summed E-state index contributed by atoms with van der Waals surface area (Å²) in [5, 5.41) is 14.9. The third-order valence-corrected chi connectivity index (χ3v) is 3.68. The van der Waals surface area contributed by atoms with E-state index in [0.717, 1.165) is 0 Å². The van der Waals surface area contributed by atoms with Crippen molar-refractivity contribution >= 4 is 11.9 Å². The molecular formula is C15H20N2O3. The van der Waals surface area contributed by atoms with Gasteiger partial charge >= 0.3 is 5.97 Å². The van der Waals surface area contributed by atoms with Crippen molar-refractivity contribution in [2.75, 3.05) is 6.54 Å². The molecule has 1 aliphatic rings. The summed E-state index contributed by atoms with van der Waals surface area (Å²) >= 11 is 0. The van der Waals surface area contributed by atoms with E-state index in [0.29, 0.717) is 13.0 Å². The van der Waals surface area contributed by atoms with Crippen molar-refractivity contribution in [2.45, 2.75) is 32.9 Å². The van der Waals surface area contributed by atoms with Crippen LogP contribution in [0.3, 0.4) is 0 Å². The zero-order valence-electron chi connectivity index (χ0n) is 11.8. The molecule has 1 atom stereocenters. The molecule has 1 unspecified atom stereocenters. The van der Waals surface area contributed by atoms with Gasteiger partial charge in [0.25, 0.3) is 0 Å². The van der Waals surface area contributed by atoms with Crippen LogP contribution in [0.1, 0.15) is 25.0 Å². The Bertz CT molecular complexity index is 526. The van der Waals surface area contributed by atoms with E-state index in [2.05, 4.69) is 10.6 Å². The number of carbonyl (C=O) groups excluding carboxylic acids is 1. The van der Waals surface area contributed by atoms with Gasteiger partial charge in [0.2, 0.25) is 5.91 Å². The lowest BCUT2D eigenvalue weighted by atomic mass is 9.92. The number of rotatable bonds is 4. The lowest BCUT2D eigenvalue weighted by Crippen LogP contribution is -2.50. The highest BCUT2D eigenvalue weighted by Crippen LogP contribution is 2.17. The third kappa shape index (κ3) is 3.17. The number of carboxylic acid groups (broad SMARTS) is 1. The molecule has 0 aliphatic carbocycles. The van der Waals surface area contributed by atoms with Gasteiger partial charge in [0.05, 0.1) is 11.5 Å². The van der Waals surface area contributed by atoms with Crippen LogP contribution >= 0.6 is 0 Å². The van der Waals surface area contributed by atoms with Gasteiger partial charge in [-0.25, -0.2) is 0 Å². The summed E-state index contributed by atoms with van der Waals surface area (Å²) in [5.74, 6) is -1.06. The van der Waals surface area contributed by atoms with Gasteiger partial charge in [0.1, 0.15) is 0 Å². The molecule has 0 fully saturated rings. The first-order valence-corrected chi connectivity index (χ1v) is 6.71. The molecule has 0 spiro atoms. The number of carboxylic acids is 1. The van der Waals surface area contributed by atoms with Crippen LogP contribution in [0.15, 0.2) is 24.3 Å². The van der Waals surface area contributed by atoms with E-state index in [9.17, 15) is 9.59 Å². The number of benzene rings is 1. The van der Waals surface area contributed by atoms with E-state index < -0.39 is 11.4 Å². The molecule has 0 saturated carbocycles. The predicted octanol–water partition coefficient (Wildman–Crippen LogP) is 0.928. The number of fused-ring (bicyclic) bond motifs is 1. The monoisotopic (exact) mass is 276 g/mol. The molecule has 20 heavy (non-hydrogen) atoms. The van der Waals surface area contributed by atoms with Gasteiger partial charge in [0, 0.05) is 13.1 Å². The predicted molar refractivity (Wildman–Crippen MR) is 75.2 cm³/mol. The Morgan fingerprint density at radius 2 is 2.00 bits per heavy atom. The number of carbonyl (C=O) groups is 2. The van der Waals surface area contributed by atoms with E-state index in [1.807, 2.05) is 24.3 Å². The Morgan fingerprint density at radius 1 is 1.35 bits per heavy atom. The summed E-state index contributed by atoms with van der Waals surface area (Å²) in [6.07, 6.45) is 0.634. The van der Waals surface area contributed by atoms with Crippen LogP contribution in [-0.2, 0) is 22.6 Å². The number of hydrogen-bond acceptors (Lipinski definition) is 3. The average Bonchev–Trinajstić information content (AvgIpc) is 2.44. The van der Waals surface area contributed by atoms with Crippen molar-refractivity contribution in [3.8, 4) is 0 Å². The van der Waals surface area contributed by atoms with Gasteiger partial charge in [0.15, 0.2) is 0 Å². The molecule has 1 aromatic rings. The molecule has 0 bridgehead atoms. The number of amides is 1. The third-order valence-electron chi connectivity index (χ3n) is 3.68. The summed E-state index contributed by atoms with van der Waals surface area (Å²) in [6.45, 7) is 3.98. The van der Waals surface area contributed by atoms with E-state index >= 15 is 0 Å². The zero-order valence-corrected chi connectivity index (χ0v) is 11.8. The van der Waals surface area contributed by atoms with E-state index in [1.54, 1.807) is 13.8 Å². The molecule has 0 saturated heterocycles. The van der Waals surface area contributed by atoms with Gasteiger partial charge in [-0.15, -0.1) is 0 Å². The van der Waals surface area contributed by atoms with Crippen LogP contribution in [-0.4, -0.2) is 29.6 Å². The van der Waals surface area contributed by atoms with Crippen molar-refractivity contribution in [1.82, 2.24) is 10.6 Å². The molecule has 1 heterocycles. The Kier molecular flexibility index (Phi) is 4.09. The summed E-state index contributed by atoms with van der Waals surface area (Å²) < 4.78 is 0. The van der Waals surface area contributed by atoms with Crippen molar-refractivity contribution in [1.29, 1.82) is 0 Å². The fourth-order valence-corrected chi connectivity index (χ4v) is 2.15. The zero-order chi connectivity index (χ0) is 14.8. The molecule has 1 aromatic carbocycles. The van der Waals surface area contributed by atoms with E-state index in [4.69, 9.17) is 5.11 Å². The second-order valence-electron chi connectivity index (χ2n) is 5.81. The minimum Gasteiger partial charge on any atom is -0.481 e. The van der Waals surface area contributed by atoms with Crippen molar-refractivity contribution in [2.24, 2.45) is 5.41 Å². The van der Waals surface area contributed by atoms with E-state index in [1.165, 1.54) is 11.1 Å². The number of nitrogens with one attached hydrogen (secondary N) is 2. The summed E-state index contributed by atoms with van der Waals surface area (Å²) in [7, 11) is 0. The summed E-state index contributed by atoms with van der Waals surface area (Å²) in [4.78, 5) is 23.1. The lowest BCUT2D eigenvalue weighted by Gasteiger charge is -2.27. The number of hydrogen-bond donors (Lipinski definition) is 3. The normalized spacial score (nSPS) is 18.2. The van der Waals surface area contributed by atoms with Gasteiger partial charge in [-0.05, 0) is 31.4 Å². The SMILES string of the molecule is CC(C)(CNC(=O)C1Cc2ccccc2CN1)C(=O)O. The highest BCUT2D eigenvalue weighted by Gasteiger charge is 2.30. The van der Waals surface area contributed by atoms with Crippen LogP contribution < -0.4 is 10.6 Å². The Hall–Kier alpha value is -1.88. The standard InChI is InChI=1S/C15H20N2O3/c1-15(2,14(19)20)9-17-13(18)12-7-10-5-3-4-6-11(10)8-16-12/h3-6,12,16H,7-9H2,1-2H3,(H,17,18)(H,19,20). The molecule has 0 radical (unpaired) electrons. The van der Waals surface area contributed by atoms with E-state index in [-0.39, 0.29) is 18.5 Å². The summed E-state index contributed by atoms with van der Waals surface area (Å²) in [6, 6.07) is 7.72. The molecule has 3 N–H and O–H groups in total. The molecule has 1 aliphatic heterocycles. The topological polar surface area (TPSA) is 78.4 Å². The first-order chi connectivity index (χ1) is 9.40. The smallest absolute Gasteiger partial charge is 0.310 e. The van der Waals surface area contributed by atoms with Crippen molar-refractivity contribution in [3.63, 3.8) is 0 Å². The minimum absolute atomic E-state index is 0.126. The average molecular weight is 276 g/mol. The molecule has 5 nitrogen and oxygen atoms in total. The molecular weight excluding hydrogens is 256 g/mol. The quantitative estimate of drug-likeness (QED) is 0.764. The largest absolute Gasteiger partial charge is 0.481 e. The first kappa shape index (κ1) is 14.5. The van der Waals surface area contributed by atoms with Crippen LogP contribution in [0.5, 0.6) is 0 Å². The molecule has 1 amide bonds. The van der Waals surface area contributed by atoms with Gasteiger partial charge < -0.3 is 15.7 Å². The van der Waals surface area contributed by atoms with Crippen molar-refractivity contribution < 1.29 is 14.7 Å². The second-order valence-corrected chi connectivity index (χ2v) is 5.81. The maximum atomic E-state index is 12.1. The van der Waals surface area contributed by atoms with Crippen LogP contribution in [0, 0.1) is 5.41 Å².